The zero-order chi connectivity index (χ0) is 14.3. The zero-order valence-electron chi connectivity index (χ0n) is 11.8. The Kier molecular flexibility index (Phi) is 2.86. The van der Waals surface area contributed by atoms with E-state index in [4.69, 9.17) is 4.74 Å². The Morgan fingerprint density at radius 3 is 2.15 bits per heavy atom. The summed E-state index contributed by atoms with van der Waals surface area (Å²) in [5.41, 5.74) is 3.26. The minimum Gasteiger partial charge on any atom is -0.493 e. The summed E-state index contributed by atoms with van der Waals surface area (Å²) >= 11 is 0. The van der Waals surface area contributed by atoms with Crippen molar-refractivity contribution in [2.24, 2.45) is 0 Å². The van der Waals surface area contributed by atoms with E-state index in [1.165, 1.54) is 7.11 Å². The first-order valence-corrected chi connectivity index (χ1v) is 6.42. The van der Waals surface area contributed by atoms with Gasteiger partial charge in [0.2, 0.25) is 5.78 Å². The van der Waals surface area contributed by atoms with Gasteiger partial charge in [-0.05, 0) is 30.4 Å². The summed E-state index contributed by atoms with van der Waals surface area (Å²) < 4.78 is 5.13. The lowest BCUT2D eigenvalue weighted by molar-refractivity contribution is -0.114. The number of hydrogen-bond donors (Lipinski definition) is 0. The van der Waals surface area contributed by atoms with Gasteiger partial charge in [-0.1, -0.05) is 12.1 Å². The van der Waals surface area contributed by atoms with Crippen molar-refractivity contribution in [3.8, 4) is 0 Å². The van der Waals surface area contributed by atoms with Crippen LogP contribution in [-0.4, -0.2) is 27.0 Å². The molecule has 0 amide bonds. The van der Waals surface area contributed by atoms with Gasteiger partial charge in [0.05, 0.1) is 18.5 Å². The van der Waals surface area contributed by atoms with Crippen LogP contribution in [-0.2, 0) is 9.53 Å². The zero-order valence-corrected chi connectivity index (χ0v) is 11.8. The molecule has 0 N–H and O–H groups in total. The maximum atomic E-state index is 11.6. The lowest BCUT2D eigenvalue weighted by Crippen LogP contribution is -2.24. The normalized spacial score (nSPS) is 17.6. The van der Waals surface area contributed by atoms with E-state index in [9.17, 15) is 4.79 Å². The monoisotopic (exact) mass is 268 g/mol. The largest absolute Gasteiger partial charge is 0.493 e. The van der Waals surface area contributed by atoms with E-state index in [2.05, 4.69) is 21.9 Å². The molecule has 4 heteroatoms. The maximum Gasteiger partial charge on any atom is 0.220 e. The van der Waals surface area contributed by atoms with Crippen molar-refractivity contribution < 1.29 is 9.53 Å². The topological polar surface area (TPSA) is 32.8 Å². The molecule has 0 saturated carbocycles. The molecule has 3 rings (SSSR count). The SMILES string of the molecule is COC1=CC(=C2N(C)c3ccccc3N2C)C=CC1=O. The van der Waals surface area contributed by atoms with Gasteiger partial charge in [0.15, 0.2) is 5.76 Å². The quantitative estimate of drug-likeness (QED) is 0.783. The Morgan fingerprint density at radius 2 is 1.60 bits per heavy atom. The summed E-state index contributed by atoms with van der Waals surface area (Å²) in [6.45, 7) is 0. The predicted octanol–water partition coefficient (Wildman–Crippen LogP) is 2.45. The van der Waals surface area contributed by atoms with Crippen LogP contribution in [0.15, 0.2) is 59.6 Å². The Bertz CT molecular complexity index is 640. The Hall–Kier alpha value is -2.49. The first-order valence-electron chi connectivity index (χ1n) is 6.42. The first kappa shape index (κ1) is 12.5. The van der Waals surface area contributed by atoms with E-state index in [0.717, 1.165) is 22.8 Å². The minimum atomic E-state index is -0.0994. The summed E-state index contributed by atoms with van der Waals surface area (Å²) in [7, 11) is 5.56. The molecule has 0 spiro atoms. The maximum absolute atomic E-state index is 11.6. The number of para-hydroxylation sites is 2. The van der Waals surface area contributed by atoms with Crippen LogP contribution in [0.2, 0.25) is 0 Å². The molecule has 1 aromatic carbocycles. The van der Waals surface area contributed by atoms with E-state index < -0.39 is 0 Å². The van der Waals surface area contributed by atoms with Gasteiger partial charge in [-0.15, -0.1) is 0 Å². The molecule has 0 unspecified atom stereocenters. The molecule has 2 aliphatic rings. The van der Waals surface area contributed by atoms with Crippen LogP contribution in [0.5, 0.6) is 0 Å². The summed E-state index contributed by atoms with van der Waals surface area (Å²) in [4.78, 5) is 15.9. The third-order valence-electron chi connectivity index (χ3n) is 3.66. The molecular weight excluding hydrogens is 252 g/mol. The number of allylic oxidation sites excluding steroid dienone is 4. The number of rotatable bonds is 1. The van der Waals surface area contributed by atoms with Crippen molar-refractivity contribution in [1.82, 2.24) is 0 Å². The lowest BCUT2D eigenvalue weighted by atomic mass is 10.1. The summed E-state index contributed by atoms with van der Waals surface area (Å²) in [6.07, 6.45) is 5.17. The number of benzene rings is 1. The second-order valence-electron chi connectivity index (χ2n) is 4.80. The van der Waals surface area contributed by atoms with Crippen molar-refractivity contribution in [2.45, 2.75) is 0 Å². The average molecular weight is 268 g/mol. The molecular formula is C16H16N2O2. The molecule has 0 saturated heterocycles. The van der Waals surface area contributed by atoms with Crippen LogP contribution in [0.25, 0.3) is 0 Å². The smallest absolute Gasteiger partial charge is 0.220 e. The Balaban J connectivity index is 2.12. The molecule has 1 heterocycles. The fraction of sp³-hybridized carbons (Fsp3) is 0.188. The van der Waals surface area contributed by atoms with E-state index in [1.807, 2.05) is 32.3 Å². The van der Waals surface area contributed by atoms with Gasteiger partial charge >= 0.3 is 0 Å². The van der Waals surface area contributed by atoms with Crippen LogP contribution in [0.4, 0.5) is 11.4 Å². The fourth-order valence-corrected chi connectivity index (χ4v) is 2.68. The summed E-state index contributed by atoms with van der Waals surface area (Å²) in [5, 5.41) is 0. The van der Waals surface area contributed by atoms with Gasteiger partial charge in [0, 0.05) is 19.7 Å². The van der Waals surface area contributed by atoms with E-state index in [-0.39, 0.29) is 5.78 Å². The number of anilines is 2. The molecule has 20 heavy (non-hydrogen) atoms. The number of fused-ring (bicyclic) bond motifs is 1. The van der Waals surface area contributed by atoms with Crippen molar-refractivity contribution in [2.75, 3.05) is 31.0 Å². The number of ether oxygens (including phenoxy) is 1. The van der Waals surface area contributed by atoms with E-state index in [1.54, 1.807) is 12.2 Å². The number of nitrogens with zero attached hydrogens (tertiary/aromatic N) is 2. The van der Waals surface area contributed by atoms with Crippen LogP contribution in [0.1, 0.15) is 0 Å². The highest BCUT2D eigenvalue weighted by Crippen LogP contribution is 2.41. The standard InChI is InChI=1S/C16H16N2O2/c1-17-12-6-4-5-7-13(12)18(2)16(17)11-8-9-14(19)15(10-11)20-3/h4-10H,1-3H3. The molecule has 0 atom stereocenters. The van der Waals surface area contributed by atoms with Crippen molar-refractivity contribution in [3.05, 3.63) is 59.6 Å². The van der Waals surface area contributed by atoms with Gasteiger partial charge in [-0.2, -0.15) is 0 Å². The number of methoxy groups -OCH3 is 1. The number of carbonyl (C=O) groups is 1. The second-order valence-corrected chi connectivity index (χ2v) is 4.80. The first-order chi connectivity index (χ1) is 9.63. The number of carbonyl (C=O) groups excluding carboxylic acids is 1. The van der Waals surface area contributed by atoms with Crippen LogP contribution in [0.3, 0.4) is 0 Å². The highest BCUT2D eigenvalue weighted by Gasteiger charge is 2.28. The molecule has 0 radical (unpaired) electrons. The molecule has 1 aliphatic heterocycles. The molecule has 4 nitrogen and oxygen atoms in total. The van der Waals surface area contributed by atoms with Gasteiger partial charge in [0.1, 0.15) is 5.82 Å². The number of ketones is 1. The molecule has 0 fully saturated rings. The van der Waals surface area contributed by atoms with Crippen LogP contribution < -0.4 is 9.80 Å². The lowest BCUT2D eigenvalue weighted by Gasteiger charge is -2.22. The third kappa shape index (κ3) is 1.72. The Morgan fingerprint density at radius 1 is 1.00 bits per heavy atom. The van der Waals surface area contributed by atoms with Gasteiger partial charge < -0.3 is 14.5 Å². The highest BCUT2D eigenvalue weighted by molar-refractivity contribution is 6.04. The molecule has 102 valence electrons. The summed E-state index contributed by atoms with van der Waals surface area (Å²) in [6, 6.07) is 8.21. The van der Waals surface area contributed by atoms with Crippen molar-refractivity contribution in [3.63, 3.8) is 0 Å². The van der Waals surface area contributed by atoms with E-state index >= 15 is 0 Å². The molecule has 0 aromatic heterocycles. The molecule has 1 aliphatic carbocycles. The van der Waals surface area contributed by atoms with Crippen LogP contribution in [0, 0.1) is 0 Å². The van der Waals surface area contributed by atoms with Crippen LogP contribution >= 0.6 is 0 Å². The Labute approximate surface area is 118 Å². The molecule has 1 aromatic rings. The average Bonchev–Trinajstić information content (AvgIpc) is 2.72. The number of hydrogen-bond acceptors (Lipinski definition) is 4. The predicted molar refractivity (Wildman–Crippen MR) is 79.5 cm³/mol. The van der Waals surface area contributed by atoms with E-state index in [0.29, 0.717) is 5.76 Å². The highest BCUT2D eigenvalue weighted by atomic mass is 16.5. The van der Waals surface area contributed by atoms with Crippen molar-refractivity contribution in [1.29, 1.82) is 0 Å². The summed E-state index contributed by atoms with van der Waals surface area (Å²) in [5.74, 6) is 1.30. The third-order valence-corrected chi connectivity index (χ3v) is 3.66. The second kappa shape index (κ2) is 4.56. The van der Waals surface area contributed by atoms with Crippen molar-refractivity contribution >= 4 is 17.2 Å². The van der Waals surface area contributed by atoms with Gasteiger partial charge in [-0.3, -0.25) is 4.79 Å². The minimum absolute atomic E-state index is 0.0994. The molecule has 0 bridgehead atoms. The van der Waals surface area contributed by atoms with Gasteiger partial charge in [-0.25, -0.2) is 0 Å². The van der Waals surface area contributed by atoms with Gasteiger partial charge in [0.25, 0.3) is 0 Å². The fourth-order valence-electron chi connectivity index (χ4n) is 2.68.